The third-order valence-electron chi connectivity index (χ3n) is 12.7. The number of likely N-dealkylation sites (tertiary alicyclic amines) is 2. The fraction of sp³-hybridized carbons (Fsp3) is 0.353. The van der Waals surface area contributed by atoms with Crippen molar-refractivity contribution in [3.05, 3.63) is 156 Å². The summed E-state index contributed by atoms with van der Waals surface area (Å²) in [6.07, 6.45) is 24.8. The summed E-state index contributed by atoms with van der Waals surface area (Å²) in [7, 11) is 0. The smallest absolute Gasteiger partial charge is 0.253 e. The summed E-state index contributed by atoms with van der Waals surface area (Å²) in [5.74, 6) is 1.38. The van der Waals surface area contributed by atoms with Gasteiger partial charge in [0.1, 0.15) is 11.3 Å². The number of nitrogens with one attached hydrogen (secondary N) is 2. The Morgan fingerprint density at radius 3 is 1.45 bits per heavy atom. The average Bonchev–Trinajstić information content (AvgIpc) is 4.17. The number of nitrogens with zero attached hydrogens (tertiary/aromatic N) is 8. The number of hydrogen-bond donors (Lipinski definition) is 2. The molecule has 9 rings (SSSR count). The Morgan fingerprint density at radius 1 is 0.545 bits per heavy atom. The van der Waals surface area contributed by atoms with Crippen LogP contribution in [0.25, 0.3) is 17.0 Å². The fourth-order valence-corrected chi connectivity index (χ4v) is 8.94. The monoisotopic (exact) mass is 908 g/mol. The van der Waals surface area contributed by atoms with E-state index in [0.29, 0.717) is 46.6 Å². The molecule has 2 aromatic carbocycles. The van der Waals surface area contributed by atoms with Gasteiger partial charge in [0.05, 0.1) is 16.8 Å². The molecule has 0 bridgehead atoms. The third kappa shape index (κ3) is 12.1. The molecular weight excluding hydrogens is 852 g/mol. The van der Waals surface area contributed by atoms with Crippen LogP contribution in [0.2, 0.25) is 5.02 Å². The van der Waals surface area contributed by atoms with E-state index in [0.717, 1.165) is 113 Å². The number of imidazole rings is 2. The molecule has 15 heteroatoms. The van der Waals surface area contributed by atoms with E-state index in [1.54, 1.807) is 72.1 Å². The first kappa shape index (κ1) is 45.8. The maximum absolute atomic E-state index is 12.9. The van der Waals surface area contributed by atoms with Crippen molar-refractivity contribution in [3.8, 4) is 5.69 Å². The maximum atomic E-state index is 12.9. The van der Waals surface area contributed by atoms with Crippen molar-refractivity contribution in [2.45, 2.75) is 64.2 Å². The highest BCUT2D eigenvalue weighted by atomic mass is 35.5. The lowest BCUT2D eigenvalue weighted by molar-refractivity contribution is 0.0678. The zero-order valence-corrected chi connectivity index (χ0v) is 37.9. The van der Waals surface area contributed by atoms with Gasteiger partial charge in [-0.15, -0.1) is 0 Å². The van der Waals surface area contributed by atoms with Crippen LogP contribution in [0.4, 0.5) is 0 Å². The molecule has 0 saturated carbocycles. The second-order valence-electron chi connectivity index (χ2n) is 17.2. The Kier molecular flexibility index (Phi) is 15.5. The molecule has 0 unspecified atom stereocenters. The van der Waals surface area contributed by atoms with Crippen molar-refractivity contribution in [2.75, 3.05) is 39.3 Å². The number of fused-ring (bicyclic) bond motifs is 2. The average molecular weight is 910 g/mol. The van der Waals surface area contributed by atoms with Crippen LogP contribution < -0.4 is 10.6 Å². The predicted molar refractivity (Wildman–Crippen MR) is 255 cm³/mol. The summed E-state index contributed by atoms with van der Waals surface area (Å²) in [6.45, 7) is 4.57. The van der Waals surface area contributed by atoms with E-state index < -0.39 is 0 Å². The van der Waals surface area contributed by atoms with Crippen molar-refractivity contribution >= 4 is 46.5 Å². The number of carbonyl (C=O) groups is 4. The topological polar surface area (TPSA) is 151 Å². The lowest BCUT2D eigenvalue weighted by Gasteiger charge is -2.32. The van der Waals surface area contributed by atoms with Gasteiger partial charge in [0.15, 0.2) is 0 Å². The van der Waals surface area contributed by atoms with Crippen molar-refractivity contribution in [2.24, 2.45) is 11.8 Å². The minimum atomic E-state index is -0.0513. The van der Waals surface area contributed by atoms with Gasteiger partial charge in [-0.3, -0.25) is 19.2 Å². The van der Waals surface area contributed by atoms with Crippen LogP contribution in [0, 0.1) is 11.8 Å². The van der Waals surface area contributed by atoms with E-state index in [-0.39, 0.29) is 23.6 Å². The minimum Gasteiger partial charge on any atom is -0.352 e. The standard InChI is InChI=1S/C27H30N6O2.C24H27ClN4O2/c34-26(23-7-10-25-28-15-19-32(25)20-23)29-13-2-1-4-21-11-17-31(18-12-21)27(35)22-5-8-24(9-6-22)33-16-3-14-30-33;25-21-7-4-19(5-8-21)24(31)28-14-10-18(11-15-28)3-1-2-12-27-23(30)20-6-9-22-26-13-16-29(22)17-20/h3,5-10,14-16,19-21H,1-2,4,11-13,17-18H2,(H,29,34);4-9,13,16-18H,1-3,10-12,14-15H2,(H,27,30). The summed E-state index contributed by atoms with van der Waals surface area (Å²) < 4.78 is 5.48. The number of halogens is 1. The zero-order chi connectivity index (χ0) is 45.7. The molecule has 7 aromatic rings. The number of benzene rings is 2. The molecule has 2 N–H and O–H groups in total. The Hall–Kier alpha value is -6.80. The summed E-state index contributed by atoms with van der Waals surface area (Å²) in [4.78, 5) is 62.5. The number of amides is 4. The maximum Gasteiger partial charge on any atom is 0.253 e. The van der Waals surface area contributed by atoms with E-state index in [1.165, 1.54) is 0 Å². The Morgan fingerprint density at radius 2 is 1.00 bits per heavy atom. The summed E-state index contributed by atoms with van der Waals surface area (Å²) >= 11 is 5.91. The molecule has 14 nitrogen and oxygen atoms in total. The van der Waals surface area contributed by atoms with Crippen LogP contribution in [-0.4, -0.2) is 101 Å². The van der Waals surface area contributed by atoms with Gasteiger partial charge in [-0.05, 0) is 129 Å². The second kappa shape index (κ2) is 22.4. The van der Waals surface area contributed by atoms with Crippen molar-refractivity contribution in [1.82, 2.24) is 49.0 Å². The molecule has 7 heterocycles. The third-order valence-corrected chi connectivity index (χ3v) is 13.0. The highest BCUT2D eigenvalue weighted by molar-refractivity contribution is 6.30. The molecule has 2 fully saturated rings. The first-order chi connectivity index (χ1) is 32.3. The number of rotatable bonds is 15. The zero-order valence-electron chi connectivity index (χ0n) is 37.2. The van der Waals surface area contributed by atoms with Gasteiger partial charge in [0.2, 0.25) is 0 Å². The molecule has 2 saturated heterocycles. The van der Waals surface area contributed by atoms with Crippen molar-refractivity contribution in [1.29, 1.82) is 0 Å². The molecule has 66 heavy (non-hydrogen) atoms. The summed E-state index contributed by atoms with van der Waals surface area (Å²) in [5.41, 5.74) is 5.32. The van der Waals surface area contributed by atoms with E-state index in [2.05, 4.69) is 25.7 Å². The molecule has 5 aromatic heterocycles. The van der Waals surface area contributed by atoms with Gasteiger partial charge < -0.3 is 29.2 Å². The molecule has 0 radical (unpaired) electrons. The van der Waals surface area contributed by atoms with Crippen LogP contribution in [0.3, 0.4) is 0 Å². The molecule has 4 amide bonds. The normalized spacial score (nSPS) is 14.5. The van der Waals surface area contributed by atoms with Crippen molar-refractivity contribution < 1.29 is 19.2 Å². The Bertz CT molecular complexity index is 2680. The van der Waals surface area contributed by atoms with Crippen LogP contribution in [0.1, 0.15) is 106 Å². The van der Waals surface area contributed by atoms with Gasteiger partial charge in [-0.1, -0.05) is 37.3 Å². The van der Waals surface area contributed by atoms with Crippen LogP contribution >= 0.6 is 11.6 Å². The lowest BCUT2D eigenvalue weighted by atomic mass is 9.91. The Labute approximate surface area is 390 Å². The fourth-order valence-electron chi connectivity index (χ4n) is 8.82. The van der Waals surface area contributed by atoms with E-state index in [1.807, 2.05) is 79.7 Å². The number of pyridine rings is 2. The van der Waals surface area contributed by atoms with E-state index in [9.17, 15) is 19.2 Å². The quantitative estimate of drug-likeness (QED) is 0.0981. The first-order valence-electron chi connectivity index (χ1n) is 23.1. The summed E-state index contributed by atoms with van der Waals surface area (Å²) in [6, 6.07) is 23.9. The largest absolute Gasteiger partial charge is 0.352 e. The van der Waals surface area contributed by atoms with Gasteiger partial charge >= 0.3 is 0 Å². The minimum absolute atomic E-state index is 0.0509. The summed E-state index contributed by atoms with van der Waals surface area (Å²) in [5, 5.41) is 10.9. The first-order valence-corrected chi connectivity index (χ1v) is 23.5. The van der Waals surface area contributed by atoms with Crippen LogP contribution in [-0.2, 0) is 0 Å². The second-order valence-corrected chi connectivity index (χ2v) is 17.6. The molecule has 0 atom stereocenters. The van der Waals surface area contributed by atoms with Crippen LogP contribution in [0.5, 0.6) is 0 Å². The van der Waals surface area contributed by atoms with Crippen LogP contribution in [0.15, 0.2) is 128 Å². The van der Waals surface area contributed by atoms with E-state index >= 15 is 0 Å². The molecule has 342 valence electrons. The number of unbranched alkanes of at least 4 members (excludes halogenated alkanes) is 2. The lowest BCUT2D eigenvalue weighted by Crippen LogP contribution is -2.38. The highest BCUT2D eigenvalue weighted by Gasteiger charge is 2.25. The molecule has 2 aliphatic heterocycles. The van der Waals surface area contributed by atoms with Gasteiger partial charge in [-0.25, -0.2) is 14.6 Å². The molecule has 0 spiro atoms. The molecule has 2 aliphatic rings. The van der Waals surface area contributed by atoms with Gasteiger partial charge in [0, 0.05) is 105 Å². The number of piperidine rings is 2. The van der Waals surface area contributed by atoms with E-state index in [4.69, 9.17) is 11.6 Å². The molecule has 0 aliphatic carbocycles. The predicted octanol–water partition coefficient (Wildman–Crippen LogP) is 8.41. The number of hydrogen-bond acceptors (Lipinski definition) is 7. The number of aromatic nitrogens is 6. The number of carbonyl (C=O) groups excluding carboxylic acids is 4. The SMILES string of the molecule is O=C(NCCCCC1CCN(C(=O)c2ccc(-n3cccn3)cc2)CC1)c1ccc2nccn2c1.O=C(NCCCCC1CCN(C(=O)c2ccc(Cl)cc2)CC1)c1ccc2nccn2c1. The van der Waals surface area contributed by atoms with Gasteiger partial charge in [0.25, 0.3) is 23.6 Å². The Balaban J connectivity index is 0.000000181. The molecular formula is C51H57ClN10O4. The highest BCUT2D eigenvalue weighted by Crippen LogP contribution is 2.26. The van der Waals surface area contributed by atoms with Gasteiger partial charge in [-0.2, -0.15) is 5.10 Å². The van der Waals surface area contributed by atoms with Crippen molar-refractivity contribution in [3.63, 3.8) is 0 Å².